The van der Waals surface area contributed by atoms with E-state index in [9.17, 15) is 0 Å². The maximum Gasteiger partial charge on any atom is 0.135 e. The molecule has 6 heteroatoms. The van der Waals surface area contributed by atoms with Crippen molar-refractivity contribution in [2.75, 3.05) is 39.4 Å². The number of para-hydroxylation sites is 2. The van der Waals surface area contributed by atoms with Crippen LogP contribution in [0.4, 0.5) is 0 Å². The van der Waals surface area contributed by atoms with E-state index in [-0.39, 0.29) is 24.3 Å². The average molecular weight is 823 g/mol. The van der Waals surface area contributed by atoms with Gasteiger partial charge in [0.05, 0.1) is 50.4 Å². The average Bonchev–Trinajstić information content (AvgIpc) is 3.33. The topological polar surface area (TPSA) is 44.2 Å². The molecule has 0 N–H and O–H groups in total. The summed E-state index contributed by atoms with van der Waals surface area (Å²) < 4.78 is 15.9. The molecule has 12 rings (SSSR count). The summed E-state index contributed by atoms with van der Waals surface area (Å²) in [5, 5.41) is 5.11. The highest BCUT2D eigenvalue weighted by Gasteiger charge is 2.56. The van der Waals surface area contributed by atoms with Crippen LogP contribution < -0.4 is 0 Å². The fourth-order valence-corrected chi connectivity index (χ4v) is 13.0. The third kappa shape index (κ3) is 7.15. The number of nitrogens with zero attached hydrogens (tertiary/aromatic N) is 4. The molecule has 10 atom stereocenters. The van der Waals surface area contributed by atoms with Crippen LogP contribution in [0.2, 0.25) is 0 Å². The Labute approximate surface area is 368 Å². The van der Waals surface area contributed by atoms with Crippen molar-refractivity contribution in [3.8, 4) is 0 Å². The molecule has 4 bridgehead atoms. The van der Waals surface area contributed by atoms with Crippen molar-refractivity contribution in [3.05, 3.63) is 182 Å². The second-order valence-corrected chi connectivity index (χ2v) is 18.9. The predicted molar refractivity (Wildman–Crippen MR) is 253 cm³/mol. The lowest BCUT2D eigenvalue weighted by Gasteiger charge is -2.59. The molecule has 0 radical (unpaired) electrons. The zero-order chi connectivity index (χ0) is 42.3. The van der Waals surface area contributed by atoms with Crippen molar-refractivity contribution in [3.63, 3.8) is 0 Å². The zero-order valence-corrected chi connectivity index (χ0v) is 36.2. The molecule has 0 aliphatic carbocycles. The Kier molecular flexibility index (Phi) is 11.3. The summed E-state index contributed by atoms with van der Waals surface area (Å²) >= 11 is 0. The Morgan fingerprint density at radius 3 is 1.39 bits per heavy atom. The van der Waals surface area contributed by atoms with E-state index >= 15 is 0 Å². The first-order valence-corrected chi connectivity index (χ1v) is 23.1. The van der Waals surface area contributed by atoms with Crippen LogP contribution in [-0.4, -0.2) is 70.4 Å². The molecule has 8 unspecified atom stereocenters. The van der Waals surface area contributed by atoms with Crippen molar-refractivity contribution in [2.45, 2.75) is 63.1 Å². The predicted octanol–water partition coefficient (Wildman–Crippen LogP) is 11.6. The summed E-state index contributed by atoms with van der Waals surface area (Å²) in [6, 6.07) is 36.3. The summed E-state index contributed by atoms with van der Waals surface area (Å²) in [4.78, 5) is 9.51. The molecule has 6 aliphatic rings. The quantitative estimate of drug-likeness (QED) is 0.0720. The minimum Gasteiger partial charge on any atom is -0.363 e. The summed E-state index contributed by atoms with van der Waals surface area (Å²) in [6.45, 7) is 24.3. The number of piperidine rings is 6. The molecular weight excluding hydrogens is 761 g/mol. The Balaban J connectivity index is 1.04. The van der Waals surface area contributed by atoms with E-state index in [2.05, 4.69) is 136 Å². The van der Waals surface area contributed by atoms with E-state index in [1.807, 2.05) is 24.5 Å². The second kappa shape index (κ2) is 17.1. The lowest BCUT2D eigenvalue weighted by atomic mass is 9.70. The minimum atomic E-state index is -0.0821. The molecule has 0 amide bonds. The van der Waals surface area contributed by atoms with Crippen LogP contribution >= 0.6 is 0 Å². The Morgan fingerprint density at radius 2 is 0.968 bits per heavy atom. The van der Waals surface area contributed by atoms with E-state index in [0.29, 0.717) is 36.9 Å². The van der Waals surface area contributed by atoms with E-state index in [1.54, 1.807) is 0 Å². The van der Waals surface area contributed by atoms with Gasteiger partial charge in [-0.05, 0) is 58.0 Å². The first kappa shape index (κ1) is 40.8. The molecule has 6 aliphatic heterocycles. The van der Waals surface area contributed by atoms with Gasteiger partial charge in [-0.3, -0.25) is 9.97 Å². The third-order valence-corrected chi connectivity index (χ3v) is 15.9. The summed E-state index contributed by atoms with van der Waals surface area (Å²) in [5.74, 6) is 2.19. The zero-order valence-electron chi connectivity index (χ0n) is 36.2. The molecule has 6 nitrogen and oxygen atoms in total. The minimum absolute atomic E-state index is 0.0821. The number of ether oxygens (including phenoxy) is 2. The fourth-order valence-electron chi connectivity index (χ4n) is 13.0. The van der Waals surface area contributed by atoms with Gasteiger partial charge in [0, 0.05) is 71.8 Å². The van der Waals surface area contributed by atoms with E-state index in [1.165, 1.54) is 56.6 Å². The van der Waals surface area contributed by atoms with Gasteiger partial charge in [-0.2, -0.15) is 0 Å². The lowest BCUT2D eigenvalue weighted by molar-refractivity contribution is -0.985. The van der Waals surface area contributed by atoms with Crippen LogP contribution in [0.25, 0.3) is 32.6 Å². The van der Waals surface area contributed by atoms with Crippen LogP contribution in [0, 0.1) is 23.7 Å². The number of fused-ring (bicyclic) bond motifs is 9. The van der Waals surface area contributed by atoms with Gasteiger partial charge >= 0.3 is 0 Å². The van der Waals surface area contributed by atoms with Crippen molar-refractivity contribution in [1.82, 2.24) is 9.97 Å². The van der Waals surface area contributed by atoms with Gasteiger partial charge in [-0.1, -0.05) is 97.1 Å². The lowest BCUT2D eigenvalue weighted by Crippen LogP contribution is -2.68. The monoisotopic (exact) mass is 822 g/mol. The Bertz CT molecular complexity index is 2450. The van der Waals surface area contributed by atoms with Crippen LogP contribution in [0.15, 0.2) is 160 Å². The number of benzene rings is 4. The number of quaternary nitrogens is 2. The van der Waals surface area contributed by atoms with Gasteiger partial charge in [0.15, 0.2) is 0 Å². The van der Waals surface area contributed by atoms with Crippen LogP contribution in [-0.2, 0) is 22.6 Å². The molecule has 4 aromatic carbocycles. The molecule has 6 fully saturated rings. The Hall–Kier alpha value is -5.24. The smallest absolute Gasteiger partial charge is 0.135 e. The van der Waals surface area contributed by atoms with Crippen LogP contribution in [0.3, 0.4) is 0 Å². The molecule has 6 aromatic rings. The molecule has 2 aromatic heterocycles. The molecule has 316 valence electrons. The van der Waals surface area contributed by atoms with Gasteiger partial charge in [-0.15, -0.1) is 26.3 Å². The second-order valence-electron chi connectivity index (χ2n) is 18.9. The van der Waals surface area contributed by atoms with Crippen LogP contribution in [0.1, 0.15) is 60.1 Å². The van der Waals surface area contributed by atoms with Crippen molar-refractivity contribution < 1.29 is 18.4 Å². The van der Waals surface area contributed by atoms with E-state index < -0.39 is 0 Å². The number of hydrogen-bond donors (Lipinski definition) is 0. The third-order valence-electron chi connectivity index (χ3n) is 15.9. The van der Waals surface area contributed by atoms with Crippen LogP contribution in [0.5, 0.6) is 0 Å². The highest BCUT2D eigenvalue weighted by Crippen LogP contribution is 2.52. The van der Waals surface area contributed by atoms with E-state index in [0.717, 1.165) is 72.1 Å². The SMILES string of the molecule is C=CCO[C@H](c1ccnc2ccccc12)C1CC2CC[N+]1(Cc1ccc(C[N+]34CCC(CC3[C@H](OCC=C)c3ccnc5ccccc35)C(C=C)C4)c3ccccc13)CC2C=C. The van der Waals surface area contributed by atoms with Crippen molar-refractivity contribution in [2.24, 2.45) is 23.7 Å². The number of aromatic nitrogens is 2. The largest absolute Gasteiger partial charge is 0.363 e. The highest BCUT2D eigenvalue weighted by atomic mass is 16.5. The summed E-state index contributed by atoms with van der Waals surface area (Å²) in [7, 11) is 0. The van der Waals surface area contributed by atoms with Crippen molar-refractivity contribution in [1.29, 1.82) is 0 Å². The van der Waals surface area contributed by atoms with Gasteiger partial charge in [0.1, 0.15) is 37.4 Å². The summed E-state index contributed by atoms with van der Waals surface area (Å²) in [6.07, 6.45) is 16.7. The molecule has 62 heavy (non-hydrogen) atoms. The molecule has 8 heterocycles. The van der Waals surface area contributed by atoms with Gasteiger partial charge < -0.3 is 18.4 Å². The number of rotatable bonds is 16. The molecular formula is C56H62N4O2+2. The molecule has 0 spiro atoms. The highest BCUT2D eigenvalue weighted by molar-refractivity contribution is 5.88. The maximum absolute atomic E-state index is 6.94. The maximum atomic E-state index is 6.94. The normalized spacial score (nSPS) is 28.8. The van der Waals surface area contributed by atoms with Gasteiger partial charge in [-0.25, -0.2) is 0 Å². The molecule has 6 saturated heterocycles. The first-order chi connectivity index (χ1) is 30.5. The van der Waals surface area contributed by atoms with Crippen molar-refractivity contribution >= 4 is 32.6 Å². The number of pyridine rings is 2. The standard InChI is InChI=1S/C56H62N4O2/c1-5-31-61-55(49-23-27-57-51-19-13-11-17-47(49)51)53-33-41-25-29-59(53,35-39(41)7-3)37-43-21-22-44(46-16-10-9-15-45(43)46)38-60-30-26-42(40(8-4)36-60)34-54(60)56(62-32-6-2)50-24-28-58-52-20-14-12-18-48(50)52/h5-24,27-28,39-42,53-56H,1-4,25-26,29-38H2/q+2/t39?,40?,41?,42?,53?,54?,55-,56-,59?,60?/m1/s1. The van der Waals surface area contributed by atoms with Gasteiger partial charge in [0.2, 0.25) is 0 Å². The molecule has 0 saturated carbocycles. The fraction of sp³-hybridized carbons (Fsp3) is 0.357. The van der Waals surface area contributed by atoms with Gasteiger partial charge in [0.25, 0.3) is 0 Å². The Morgan fingerprint density at radius 1 is 0.548 bits per heavy atom. The number of hydrogen-bond acceptors (Lipinski definition) is 4. The summed E-state index contributed by atoms with van der Waals surface area (Å²) in [5.41, 5.74) is 7.36. The van der Waals surface area contributed by atoms with E-state index in [4.69, 9.17) is 19.4 Å². The first-order valence-electron chi connectivity index (χ1n) is 23.1.